The molecule has 0 aromatic heterocycles. The number of hydrogen-bond donors (Lipinski definition) is 5. The summed E-state index contributed by atoms with van der Waals surface area (Å²) in [6.45, 7) is 6.28. The van der Waals surface area contributed by atoms with Crippen molar-refractivity contribution >= 4 is 29.2 Å². The number of rotatable bonds is 28. The average molecular weight is 610 g/mol. The van der Waals surface area contributed by atoms with Crippen LogP contribution >= 0.6 is 0 Å². The van der Waals surface area contributed by atoms with Gasteiger partial charge in [-0.2, -0.15) is 0 Å². The number of Topliss-reactive ketones (excluding diaryl/α,β-unsaturated/α-hetero) is 1. The summed E-state index contributed by atoms with van der Waals surface area (Å²) in [5, 5.41) is 11.7. The molecule has 0 bridgehead atoms. The first kappa shape index (κ1) is 37.9. The first-order chi connectivity index (χ1) is 20.9. The van der Waals surface area contributed by atoms with Crippen molar-refractivity contribution < 1.29 is 38.1 Å². The molecule has 0 fully saturated rings. The summed E-state index contributed by atoms with van der Waals surface area (Å²) in [6, 6.07) is 6.46. The Hall–Kier alpha value is -3.10. The molecule has 3 amide bonds. The number of amides is 3. The van der Waals surface area contributed by atoms with Crippen molar-refractivity contribution in [1.82, 2.24) is 16.0 Å². The van der Waals surface area contributed by atoms with Crippen molar-refractivity contribution in [3.05, 3.63) is 29.8 Å². The average Bonchev–Trinajstić information content (AvgIpc) is 3.00. The lowest BCUT2D eigenvalue weighted by Gasteiger charge is -2.15. The molecule has 0 aliphatic heterocycles. The zero-order valence-electron chi connectivity index (χ0n) is 25.8. The zero-order chi connectivity index (χ0) is 31.5. The molecule has 1 aromatic carbocycles. The van der Waals surface area contributed by atoms with E-state index in [1.54, 1.807) is 12.1 Å². The molecule has 43 heavy (non-hydrogen) atoms. The van der Waals surface area contributed by atoms with Gasteiger partial charge in [0.15, 0.2) is 5.78 Å². The Morgan fingerprint density at radius 3 is 2.14 bits per heavy atom. The van der Waals surface area contributed by atoms with Crippen LogP contribution in [0.5, 0.6) is 0 Å². The van der Waals surface area contributed by atoms with E-state index in [2.05, 4.69) is 28.2 Å². The summed E-state index contributed by atoms with van der Waals surface area (Å²) < 4.78 is 21.3. The minimum absolute atomic E-state index is 0.00166. The van der Waals surface area contributed by atoms with Crippen molar-refractivity contribution in [3.63, 3.8) is 0 Å². The lowest BCUT2D eigenvalue weighted by molar-refractivity contribution is -0.131. The number of anilines is 1. The first-order valence-electron chi connectivity index (χ1n) is 15.0. The third-order valence-corrected chi connectivity index (χ3v) is 6.09. The molecular weight excluding hydrogens is 558 g/mol. The SMILES string of the molecule is CCCNc1ccc(C(=O)NCCCC[C@H](NC(=O)COCCOCCCC(=O)COCCOCCNC)C(N)=O)cc1. The highest BCUT2D eigenvalue weighted by molar-refractivity contribution is 5.94. The van der Waals surface area contributed by atoms with E-state index in [0.717, 1.165) is 25.2 Å². The van der Waals surface area contributed by atoms with Gasteiger partial charge in [0, 0.05) is 43.9 Å². The van der Waals surface area contributed by atoms with Crippen molar-refractivity contribution in [3.8, 4) is 0 Å². The molecule has 0 heterocycles. The minimum Gasteiger partial charge on any atom is -0.385 e. The van der Waals surface area contributed by atoms with E-state index < -0.39 is 17.9 Å². The van der Waals surface area contributed by atoms with Gasteiger partial charge in [-0.25, -0.2) is 0 Å². The van der Waals surface area contributed by atoms with Crippen LogP contribution in [-0.2, 0) is 33.3 Å². The molecule has 0 saturated carbocycles. The highest BCUT2D eigenvalue weighted by Gasteiger charge is 2.17. The van der Waals surface area contributed by atoms with E-state index in [0.29, 0.717) is 70.6 Å². The van der Waals surface area contributed by atoms with E-state index in [4.69, 9.17) is 24.7 Å². The number of ketones is 1. The van der Waals surface area contributed by atoms with Gasteiger partial charge in [0.2, 0.25) is 11.8 Å². The molecule has 13 nitrogen and oxygen atoms in total. The Labute approximate surface area is 255 Å². The Balaban J connectivity index is 2.06. The smallest absolute Gasteiger partial charge is 0.251 e. The van der Waals surface area contributed by atoms with Crippen LogP contribution in [0.2, 0.25) is 0 Å². The number of primary amides is 1. The molecule has 0 saturated heterocycles. The monoisotopic (exact) mass is 609 g/mol. The van der Waals surface area contributed by atoms with Gasteiger partial charge < -0.3 is 45.9 Å². The minimum atomic E-state index is -0.821. The van der Waals surface area contributed by atoms with Crippen LogP contribution in [0.1, 0.15) is 55.8 Å². The molecule has 6 N–H and O–H groups in total. The predicted octanol–water partition coefficient (Wildman–Crippen LogP) is 1.01. The van der Waals surface area contributed by atoms with Crippen LogP contribution in [0.25, 0.3) is 0 Å². The molecule has 0 unspecified atom stereocenters. The number of carbonyl (C=O) groups excluding carboxylic acids is 4. The fourth-order valence-corrected chi connectivity index (χ4v) is 3.72. The first-order valence-corrected chi connectivity index (χ1v) is 15.0. The zero-order valence-corrected chi connectivity index (χ0v) is 25.8. The molecule has 1 rings (SSSR count). The van der Waals surface area contributed by atoms with Crippen molar-refractivity contribution in [2.24, 2.45) is 5.73 Å². The van der Waals surface area contributed by atoms with E-state index in [9.17, 15) is 19.2 Å². The van der Waals surface area contributed by atoms with Gasteiger partial charge in [-0.15, -0.1) is 0 Å². The fraction of sp³-hybridized carbons (Fsp3) is 0.667. The highest BCUT2D eigenvalue weighted by Crippen LogP contribution is 2.09. The van der Waals surface area contributed by atoms with Gasteiger partial charge in [0.1, 0.15) is 19.3 Å². The summed E-state index contributed by atoms with van der Waals surface area (Å²) in [7, 11) is 1.85. The topological polar surface area (TPSA) is 179 Å². The van der Waals surface area contributed by atoms with Crippen LogP contribution in [0.15, 0.2) is 24.3 Å². The number of nitrogens with two attached hydrogens (primary N) is 1. The summed E-state index contributed by atoms with van der Waals surface area (Å²) in [5.41, 5.74) is 6.98. The van der Waals surface area contributed by atoms with Crippen molar-refractivity contribution in [1.29, 1.82) is 0 Å². The van der Waals surface area contributed by atoms with Crippen molar-refractivity contribution in [2.45, 2.75) is 51.5 Å². The van der Waals surface area contributed by atoms with Crippen LogP contribution in [0, 0.1) is 0 Å². The molecule has 13 heteroatoms. The van der Waals surface area contributed by atoms with E-state index >= 15 is 0 Å². The van der Waals surface area contributed by atoms with Gasteiger partial charge >= 0.3 is 0 Å². The number of ether oxygens (including phenoxy) is 4. The Bertz CT molecular complexity index is 916. The lowest BCUT2D eigenvalue weighted by Crippen LogP contribution is -2.45. The second kappa shape index (κ2) is 25.4. The Morgan fingerprint density at radius 1 is 0.791 bits per heavy atom. The van der Waals surface area contributed by atoms with Crippen LogP contribution < -0.4 is 27.0 Å². The Morgan fingerprint density at radius 2 is 1.47 bits per heavy atom. The van der Waals surface area contributed by atoms with Crippen LogP contribution in [0.4, 0.5) is 5.69 Å². The molecule has 1 aromatic rings. The maximum Gasteiger partial charge on any atom is 0.251 e. The van der Waals surface area contributed by atoms with E-state index in [1.165, 1.54) is 0 Å². The van der Waals surface area contributed by atoms with Gasteiger partial charge in [0.25, 0.3) is 5.91 Å². The quantitative estimate of drug-likeness (QED) is 0.0861. The third kappa shape index (κ3) is 20.4. The van der Waals surface area contributed by atoms with E-state index in [-0.39, 0.29) is 38.1 Å². The molecule has 1 atom stereocenters. The molecule has 0 spiro atoms. The normalized spacial score (nSPS) is 11.6. The van der Waals surface area contributed by atoms with E-state index in [1.807, 2.05) is 19.2 Å². The van der Waals surface area contributed by atoms with Crippen molar-refractivity contribution in [2.75, 3.05) is 84.9 Å². The van der Waals surface area contributed by atoms with Gasteiger partial charge in [-0.05, 0) is 63.4 Å². The van der Waals surface area contributed by atoms with Gasteiger partial charge in [-0.3, -0.25) is 19.2 Å². The summed E-state index contributed by atoms with van der Waals surface area (Å²) in [4.78, 5) is 48.0. The molecular formula is C30H51N5O8. The summed E-state index contributed by atoms with van der Waals surface area (Å²) in [6.07, 6.45) is 3.50. The molecule has 244 valence electrons. The maximum atomic E-state index is 12.3. The van der Waals surface area contributed by atoms with Gasteiger partial charge in [0.05, 0.1) is 33.0 Å². The number of benzene rings is 1. The number of carbonyl (C=O) groups is 4. The van der Waals surface area contributed by atoms with Crippen LogP contribution in [0.3, 0.4) is 0 Å². The van der Waals surface area contributed by atoms with Crippen LogP contribution in [-0.4, -0.2) is 109 Å². The Kier molecular flexibility index (Phi) is 22.4. The number of nitrogens with one attached hydrogen (secondary N) is 4. The second-order valence-corrected chi connectivity index (χ2v) is 9.85. The summed E-state index contributed by atoms with van der Waals surface area (Å²) in [5.74, 6) is -1.25. The standard InChI is InChI=1S/C30H51N5O8/c1-3-13-33-25-11-9-24(10-12-25)30(39)34-14-5-4-8-27(29(31)38)35-28(37)23-43-21-18-40-16-6-7-26(36)22-42-20-19-41-17-15-32-2/h9-12,27,32-33H,3-8,13-23H2,1-2H3,(H2,31,38)(H,34,39)(H,35,37)/t27-/m0/s1. The lowest BCUT2D eigenvalue weighted by atomic mass is 10.1. The largest absolute Gasteiger partial charge is 0.385 e. The number of unbranched alkanes of at least 4 members (excludes halogenated alkanes) is 1. The number of likely N-dealkylation sites (N-methyl/N-ethyl adjacent to an activating group) is 1. The third-order valence-electron chi connectivity index (χ3n) is 6.09. The number of hydrogen-bond acceptors (Lipinski definition) is 10. The second-order valence-electron chi connectivity index (χ2n) is 9.85. The fourth-order valence-electron chi connectivity index (χ4n) is 3.72. The maximum absolute atomic E-state index is 12.3. The van der Waals surface area contributed by atoms with Gasteiger partial charge in [-0.1, -0.05) is 6.92 Å². The molecule has 0 aliphatic carbocycles. The highest BCUT2D eigenvalue weighted by atomic mass is 16.5. The predicted molar refractivity (Wildman–Crippen MR) is 164 cm³/mol. The molecule has 0 aliphatic rings. The summed E-state index contributed by atoms with van der Waals surface area (Å²) >= 11 is 0. The molecule has 0 radical (unpaired) electrons.